The molecule has 2 aliphatic carbocycles. The molecule has 3 rings (SSSR count). The zero-order valence-corrected chi connectivity index (χ0v) is 14.2. The van der Waals surface area contributed by atoms with Crippen molar-refractivity contribution < 1.29 is 0 Å². The van der Waals surface area contributed by atoms with Crippen LogP contribution in [0.5, 0.6) is 0 Å². The Kier molecular flexibility index (Phi) is 4.33. The molecule has 0 radical (unpaired) electrons. The highest BCUT2D eigenvalue weighted by Gasteiger charge is 2.26. The molecule has 0 saturated heterocycles. The molecule has 0 spiro atoms. The Morgan fingerprint density at radius 1 is 0.667 bits per heavy atom. The third-order valence-electron chi connectivity index (χ3n) is 5.80. The van der Waals surface area contributed by atoms with E-state index in [1.54, 1.807) is 0 Å². The lowest BCUT2D eigenvalue weighted by atomic mass is 9.82. The molecule has 0 aromatic carbocycles. The molecule has 21 heavy (non-hydrogen) atoms. The van der Waals surface area contributed by atoms with Crippen molar-refractivity contribution >= 4 is 0 Å². The highest BCUT2D eigenvalue weighted by molar-refractivity contribution is 5.24. The predicted molar refractivity (Wildman–Crippen MR) is 87.4 cm³/mol. The van der Waals surface area contributed by atoms with Crippen molar-refractivity contribution in [1.29, 1.82) is 0 Å². The fraction of sp³-hybridized carbons (Fsp3) is 0.789. The molecule has 1 heterocycles. The van der Waals surface area contributed by atoms with E-state index in [4.69, 9.17) is 9.97 Å². The molecule has 0 saturated carbocycles. The average Bonchev–Trinajstić information content (AvgIpc) is 2.66. The topological polar surface area (TPSA) is 25.8 Å². The first-order valence-corrected chi connectivity index (χ1v) is 8.92. The minimum Gasteiger partial charge on any atom is -0.254 e. The maximum absolute atomic E-state index is 5.08. The minimum absolute atomic E-state index is 0.768. The summed E-state index contributed by atoms with van der Waals surface area (Å²) in [4.78, 5) is 10.1. The largest absolute Gasteiger partial charge is 0.254 e. The van der Waals surface area contributed by atoms with E-state index in [9.17, 15) is 0 Å². The number of aryl methyl sites for hydroxylation is 3. The van der Waals surface area contributed by atoms with Gasteiger partial charge in [0, 0.05) is 0 Å². The first kappa shape index (κ1) is 15.0. The van der Waals surface area contributed by atoms with Crippen LogP contribution in [0.3, 0.4) is 0 Å². The van der Waals surface area contributed by atoms with Crippen molar-refractivity contribution in [3.8, 4) is 0 Å². The summed E-state index contributed by atoms with van der Waals surface area (Å²) in [6.45, 7) is 9.42. The molecular formula is C19H30N2. The third-order valence-corrected chi connectivity index (χ3v) is 5.80. The van der Waals surface area contributed by atoms with Gasteiger partial charge in [-0.25, -0.2) is 0 Å². The summed E-state index contributed by atoms with van der Waals surface area (Å²) in [7, 11) is 0. The molecule has 2 aliphatic rings. The van der Waals surface area contributed by atoms with E-state index in [0.717, 1.165) is 49.4 Å². The molecule has 0 N–H and O–H groups in total. The lowest BCUT2D eigenvalue weighted by Gasteiger charge is -2.27. The normalized spacial score (nSPS) is 25.6. The predicted octanol–water partition coefficient (Wildman–Crippen LogP) is 4.39. The van der Waals surface area contributed by atoms with Crippen molar-refractivity contribution in [3.63, 3.8) is 0 Å². The maximum atomic E-state index is 5.08. The molecule has 2 heteroatoms. The first-order chi connectivity index (χ1) is 10.0. The van der Waals surface area contributed by atoms with Crippen molar-refractivity contribution in [2.75, 3.05) is 0 Å². The molecule has 0 amide bonds. The molecule has 2 unspecified atom stereocenters. The maximum Gasteiger partial charge on any atom is 0.0625 e. The van der Waals surface area contributed by atoms with E-state index in [-0.39, 0.29) is 0 Å². The number of aromatic nitrogens is 2. The van der Waals surface area contributed by atoms with Gasteiger partial charge in [-0.3, -0.25) is 9.97 Å². The number of hydrogen-bond acceptors (Lipinski definition) is 2. The SMILES string of the molecule is CC(C)C1CCc2nc3c(nc2CC1)CC(C(C)C)CC3. The minimum atomic E-state index is 0.768. The van der Waals surface area contributed by atoms with Gasteiger partial charge in [-0.15, -0.1) is 0 Å². The van der Waals surface area contributed by atoms with Crippen LogP contribution in [0.15, 0.2) is 0 Å². The fourth-order valence-corrected chi connectivity index (χ4v) is 4.04. The van der Waals surface area contributed by atoms with Gasteiger partial charge in [-0.1, -0.05) is 27.7 Å². The van der Waals surface area contributed by atoms with Crippen molar-refractivity contribution in [2.24, 2.45) is 23.7 Å². The molecule has 116 valence electrons. The molecule has 0 bridgehead atoms. The van der Waals surface area contributed by atoms with Gasteiger partial charge < -0.3 is 0 Å². The number of nitrogens with zero attached hydrogens (tertiary/aromatic N) is 2. The van der Waals surface area contributed by atoms with Crippen LogP contribution in [0.4, 0.5) is 0 Å². The van der Waals surface area contributed by atoms with Crippen LogP contribution < -0.4 is 0 Å². The van der Waals surface area contributed by atoms with Crippen LogP contribution in [-0.2, 0) is 25.7 Å². The second-order valence-electron chi connectivity index (χ2n) is 7.84. The zero-order valence-electron chi connectivity index (χ0n) is 14.2. The second kappa shape index (κ2) is 6.06. The molecule has 0 aliphatic heterocycles. The van der Waals surface area contributed by atoms with Crippen molar-refractivity contribution in [2.45, 2.75) is 72.6 Å². The monoisotopic (exact) mass is 286 g/mol. The summed E-state index contributed by atoms with van der Waals surface area (Å²) >= 11 is 0. The van der Waals surface area contributed by atoms with Crippen LogP contribution in [0.25, 0.3) is 0 Å². The first-order valence-electron chi connectivity index (χ1n) is 8.92. The van der Waals surface area contributed by atoms with Crippen molar-refractivity contribution in [1.82, 2.24) is 9.97 Å². The summed E-state index contributed by atoms with van der Waals surface area (Å²) < 4.78 is 0. The Hall–Kier alpha value is -0.920. The van der Waals surface area contributed by atoms with Gasteiger partial charge in [0.15, 0.2) is 0 Å². The molecule has 2 atom stereocenters. The smallest absolute Gasteiger partial charge is 0.0625 e. The van der Waals surface area contributed by atoms with E-state index >= 15 is 0 Å². The molecule has 1 aromatic rings. The van der Waals surface area contributed by atoms with E-state index in [2.05, 4.69) is 27.7 Å². The van der Waals surface area contributed by atoms with Gasteiger partial charge >= 0.3 is 0 Å². The standard InChI is InChI=1S/C19H30N2/c1-12(2)14-5-8-16-17(9-6-14)21-19-11-15(13(3)4)7-10-18(19)20-16/h12-15H,5-11H2,1-4H3. The Morgan fingerprint density at radius 2 is 1.10 bits per heavy atom. The lowest BCUT2D eigenvalue weighted by Crippen LogP contribution is -2.22. The van der Waals surface area contributed by atoms with Gasteiger partial charge in [-0.05, 0) is 68.6 Å². The van der Waals surface area contributed by atoms with E-state index < -0.39 is 0 Å². The highest BCUT2D eigenvalue weighted by Crippen LogP contribution is 2.32. The molecule has 2 nitrogen and oxygen atoms in total. The van der Waals surface area contributed by atoms with Gasteiger partial charge in [0.05, 0.1) is 22.8 Å². The fourth-order valence-electron chi connectivity index (χ4n) is 4.04. The van der Waals surface area contributed by atoms with Gasteiger partial charge in [-0.2, -0.15) is 0 Å². The van der Waals surface area contributed by atoms with Crippen LogP contribution >= 0.6 is 0 Å². The summed E-state index contributed by atoms with van der Waals surface area (Å²) in [5, 5.41) is 0. The van der Waals surface area contributed by atoms with Crippen LogP contribution in [-0.4, -0.2) is 9.97 Å². The zero-order chi connectivity index (χ0) is 15.0. The molecule has 1 aromatic heterocycles. The van der Waals surface area contributed by atoms with Gasteiger partial charge in [0.25, 0.3) is 0 Å². The lowest BCUT2D eigenvalue weighted by molar-refractivity contribution is 0.335. The average molecular weight is 286 g/mol. The van der Waals surface area contributed by atoms with Gasteiger partial charge in [0.1, 0.15) is 0 Å². The molecular weight excluding hydrogens is 256 g/mol. The second-order valence-corrected chi connectivity index (χ2v) is 7.84. The Morgan fingerprint density at radius 3 is 1.62 bits per heavy atom. The Balaban J connectivity index is 1.83. The number of fused-ring (bicyclic) bond motifs is 2. The Labute approximate surface area is 129 Å². The number of hydrogen-bond donors (Lipinski definition) is 0. The van der Waals surface area contributed by atoms with Crippen molar-refractivity contribution in [3.05, 3.63) is 22.8 Å². The summed E-state index contributed by atoms with van der Waals surface area (Å²) in [5.74, 6) is 3.21. The summed E-state index contributed by atoms with van der Waals surface area (Å²) in [5.41, 5.74) is 5.27. The van der Waals surface area contributed by atoms with Crippen LogP contribution in [0.1, 0.15) is 69.7 Å². The molecule has 0 fully saturated rings. The van der Waals surface area contributed by atoms with Crippen LogP contribution in [0, 0.1) is 23.7 Å². The van der Waals surface area contributed by atoms with E-state index in [1.807, 2.05) is 0 Å². The van der Waals surface area contributed by atoms with Gasteiger partial charge in [0.2, 0.25) is 0 Å². The summed E-state index contributed by atoms with van der Waals surface area (Å²) in [6.07, 6.45) is 8.48. The van der Waals surface area contributed by atoms with E-state index in [0.29, 0.717) is 0 Å². The number of rotatable bonds is 2. The van der Waals surface area contributed by atoms with E-state index in [1.165, 1.54) is 42.0 Å². The quantitative estimate of drug-likeness (QED) is 0.754. The highest BCUT2D eigenvalue weighted by atomic mass is 14.9. The Bertz CT molecular complexity index is 505. The van der Waals surface area contributed by atoms with Crippen LogP contribution in [0.2, 0.25) is 0 Å². The summed E-state index contributed by atoms with van der Waals surface area (Å²) in [6, 6.07) is 0. The third kappa shape index (κ3) is 3.14.